The third-order valence-corrected chi connectivity index (χ3v) is 2.36. The lowest BCUT2D eigenvalue weighted by molar-refractivity contribution is -0.904. The van der Waals surface area contributed by atoms with Crippen LogP contribution in [0.3, 0.4) is 0 Å². The molecule has 0 bridgehead atoms. The van der Waals surface area contributed by atoms with Crippen molar-refractivity contribution in [2.24, 2.45) is 5.41 Å². The van der Waals surface area contributed by atoms with E-state index in [1.807, 2.05) is 12.1 Å². The lowest BCUT2D eigenvalue weighted by Crippen LogP contribution is -2.28. The Morgan fingerprint density at radius 3 is 2.29 bits per heavy atom. The Balaban J connectivity index is 2.71. The minimum atomic E-state index is 0.144. The average Bonchev–Trinajstić information content (AvgIpc) is 2.07. The molecule has 14 heavy (non-hydrogen) atoms. The van der Waals surface area contributed by atoms with Crippen LogP contribution < -0.4 is 4.73 Å². The van der Waals surface area contributed by atoms with Gasteiger partial charge < -0.3 is 0 Å². The van der Waals surface area contributed by atoms with Gasteiger partial charge in [0.25, 0.3) is 0 Å². The van der Waals surface area contributed by atoms with Gasteiger partial charge >= 0.3 is 0 Å². The number of rotatable bonds is 2. The highest BCUT2D eigenvalue weighted by Crippen LogP contribution is 2.26. The topological polar surface area (TPSA) is 24.1 Å². The van der Waals surface area contributed by atoms with Gasteiger partial charge in [-0.05, 0) is 17.4 Å². The van der Waals surface area contributed by atoms with Crippen LogP contribution >= 0.6 is 0 Å². The molecule has 0 unspecified atom stereocenters. The van der Waals surface area contributed by atoms with Crippen LogP contribution in [0.4, 0.5) is 0 Å². The largest absolute Gasteiger partial charge is 0.285 e. The maximum atomic E-state index is 9.04. The van der Waals surface area contributed by atoms with Crippen LogP contribution in [0.25, 0.3) is 0 Å². The fourth-order valence-corrected chi connectivity index (χ4v) is 1.08. The fraction of sp³-hybridized carbons (Fsp3) is 0.417. The summed E-state index contributed by atoms with van der Waals surface area (Å²) in [5.41, 5.74) is 2.52. The molecule has 0 radical (unpaired) electrons. The van der Waals surface area contributed by atoms with Gasteiger partial charge in [-0.25, -0.2) is 0 Å². The smallest absolute Gasteiger partial charge is 0.222 e. The minimum absolute atomic E-state index is 0.144. The van der Waals surface area contributed by atoms with E-state index in [0.717, 1.165) is 11.2 Å². The van der Waals surface area contributed by atoms with E-state index >= 15 is 0 Å². The van der Waals surface area contributed by atoms with Gasteiger partial charge in [-0.15, -0.1) is 0 Å². The predicted octanol–water partition coefficient (Wildman–Crippen LogP) is 2.36. The maximum Gasteiger partial charge on any atom is 0.222 e. The molecule has 1 aromatic rings. The molecule has 0 aliphatic rings. The number of allylic oxidation sites excluding steroid dienone is 1. The summed E-state index contributed by atoms with van der Waals surface area (Å²) in [6.45, 7) is 10.5. The van der Waals surface area contributed by atoms with E-state index in [-0.39, 0.29) is 5.41 Å². The summed E-state index contributed by atoms with van der Waals surface area (Å²) in [4.78, 5) is 0. The Bertz CT molecular complexity index is 319. The highest BCUT2D eigenvalue weighted by Gasteiger charge is 2.15. The van der Waals surface area contributed by atoms with E-state index in [1.54, 1.807) is 12.4 Å². The van der Waals surface area contributed by atoms with Gasteiger partial charge in [-0.2, -0.15) is 0 Å². The highest BCUT2D eigenvalue weighted by atomic mass is 16.5. The standard InChI is InChI=1S/C12H18NO/c1-10(12(2,3)4)9-11-5-7-13(14)8-6-11/h5-8,14H,1,9H2,2-4H3/q+1. The summed E-state index contributed by atoms with van der Waals surface area (Å²) in [5.74, 6) is 0. The molecular formula is C12H18NO+. The second kappa shape index (κ2) is 3.82. The lowest BCUT2D eigenvalue weighted by Gasteiger charge is -2.21. The maximum absolute atomic E-state index is 9.04. The van der Waals surface area contributed by atoms with Crippen LogP contribution in [0.2, 0.25) is 0 Å². The molecule has 1 N–H and O–H groups in total. The predicted molar refractivity (Wildman–Crippen MR) is 56.1 cm³/mol. The number of hydrogen-bond donors (Lipinski definition) is 1. The molecule has 2 heteroatoms. The Hall–Kier alpha value is -1.31. The molecule has 0 aliphatic heterocycles. The van der Waals surface area contributed by atoms with Crippen molar-refractivity contribution in [3.8, 4) is 0 Å². The molecule has 0 aromatic carbocycles. The Kier molecular flexibility index (Phi) is 2.94. The van der Waals surface area contributed by atoms with Crippen molar-refractivity contribution in [1.82, 2.24) is 0 Å². The van der Waals surface area contributed by atoms with Gasteiger partial charge in [0.2, 0.25) is 12.4 Å². The van der Waals surface area contributed by atoms with Crippen molar-refractivity contribution in [3.05, 3.63) is 42.2 Å². The number of aromatic nitrogens is 1. The Morgan fingerprint density at radius 1 is 1.36 bits per heavy atom. The van der Waals surface area contributed by atoms with E-state index in [2.05, 4.69) is 27.4 Å². The van der Waals surface area contributed by atoms with Gasteiger partial charge in [-0.1, -0.05) is 32.9 Å². The Morgan fingerprint density at radius 2 is 1.86 bits per heavy atom. The molecule has 0 fully saturated rings. The second-order valence-electron chi connectivity index (χ2n) is 4.62. The SMILES string of the molecule is C=C(Cc1cc[n+](O)cc1)C(C)(C)C. The monoisotopic (exact) mass is 192 g/mol. The molecule has 76 valence electrons. The summed E-state index contributed by atoms with van der Waals surface area (Å²) in [6.07, 6.45) is 4.13. The molecule has 0 atom stereocenters. The highest BCUT2D eigenvalue weighted by molar-refractivity contribution is 5.19. The average molecular weight is 192 g/mol. The molecule has 0 saturated carbocycles. The van der Waals surface area contributed by atoms with Crippen LogP contribution in [0.15, 0.2) is 36.7 Å². The molecule has 0 spiro atoms. The first-order valence-electron chi connectivity index (χ1n) is 4.77. The summed E-state index contributed by atoms with van der Waals surface area (Å²) < 4.78 is 1.04. The number of pyridine rings is 1. The van der Waals surface area contributed by atoms with Crippen LogP contribution in [-0.2, 0) is 6.42 Å². The van der Waals surface area contributed by atoms with Gasteiger partial charge in [0, 0.05) is 16.9 Å². The molecule has 0 saturated heterocycles. The molecule has 2 nitrogen and oxygen atoms in total. The normalized spacial score (nSPS) is 11.4. The first-order chi connectivity index (χ1) is 6.39. The van der Waals surface area contributed by atoms with Gasteiger partial charge in [-0.3, -0.25) is 5.21 Å². The molecule has 0 aliphatic carbocycles. The van der Waals surface area contributed by atoms with Crippen molar-refractivity contribution in [2.45, 2.75) is 27.2 Å². The lowest BCUT2D eigenvalue weighted by atomic mass is 9.84. The quantitative estimate of drug-likeness (QED) is 0.434. The van der Waals surface area contributed by atoms with Crippen LogP contribution in [0.5, 0.6) is 0 Å². The summed E-state index contributed by atoms with van der Waals surface area (Å²) >= 11 is 0. The van der Waals surface area contributed by atoms with E-state index in [4.69, 9.17) is 5.21 Å². The summed E-state index contributed by atoms with van der Waals surface area (Å²) in [7, 11) is 0. The third-order valence-electron chi connectivity index (χ3n) is 2.36. The van der Waals surface area contributed by atoms with Gasteiger partial charge in [0.15, 0.2) is 0 Å². The number of nitrogens with zero attached hydrogens (tertiary/aromatic N) is 1. The minimum Gasteiger partial charge on any atom is -0.285 e. The van der Waals surface area contributed by atoms with Crippen LogP contribution in [-0.4, -0.2) is 5.21 Å². The third kappa shape index (κ3) is 2.87. The molecule has 0 amide bonds. The first kappa shape index (κ1) is 10.8. The van der Waals surface area contributed by atoms with E-state index < -0.39 is 0 Å². The van der Waals surface area contributed by atoms with E-state index in [9.17, 15) is 0 Å². The second-order valence-corrected chi connectivity index (χ2v) is 4.62. The van der Waals surface area contributed by atoms with Gasteiger partial charge in [0.1, 0.15) is 0 Å². The van der Waals surface area contributed by atoms with E-state index in [0.29, 0.717) is 0 Å². The van der Waals surface area contributed by atoms with E-state index in [1.165, 1.54) is 11.1 Å². The van der Waals surface area contributed by atoms with Crippen LogP contribution in [0, 0.1) is 5.41 Å². The molecule has 1 heterocycles. The fourth-order valence-electron chi connectivity index (χ4n) is 1.08. The van der Waals surface area contributed by atoms with Crippen molar-refractivity contribution in [1.29, 1.82) is 0 Å². The van der Waals surface area contributed by atoms with Gasteiger partial charge in [0.05, 0.1) is 0 Å². The zero-order valence-electron chi connectivity index (χ0n) is 9.12. The molecule has 1 rings (SSSR count). The zero-order valence-corrected chi connectivity index (χ0v) is 9.12. The van der Waals surface area contributed by atoms with Crippen molar-refractivity contribution >= 4 is 0 Å². The van der Waals surface area contributed by atoms with Crippen molar-refractivity contribution in [2.75, 3.05) is 0 Å². The van der Waals surface area contributed by atoms with Crippen LogP contribution in [0.1, 0.15) is 26.3 Å². The van der Waals surface area contributed by atoms with Crippen molar-refractivity contribution in [3.63, 3.8) is 0 Å². The number of hydrogen-bond acceptors (Lipinski definition) is 1. The summed E-state index contributed by atoms with van der Waals surface area (Å²) in [6, 6.07) is 3.80. The zero-order chi connectivity index (χ0) is 10.8. The molecular weight excluding hydrogens is 174 g/mol. The molecule has 1 aromatic heterocycles. The van der Waals surface area contributed by atoms with Crippen molar-refractivity contribution < 1.29 is 9.94 Å². The Labute approximate surface area is 85.5 Å². The first-order valence-corrected chi connectivity index (χ1v) is 4.77. The summed E-state index contributed by atoms with van der Waals surface area (Å²) in [5, 5.41) is 9.04.